The number of hydrogen-bond donors (Lipinski definition) is 1. The van der Waals surface area contributed by atoms with Gasteiger partial charge in [-0.2, -0.15) is 0 Å². The molecule has 4 bridgehead atoms. The molecule has 1 nitrogen and oxygen atoms in total. The Morgan fingerprint density at radius 1 is 1.00 bits per heavy atom. The van der Waals surface area contributed by atoms with E-state index in [4.69, 9.17) is 11.6 Å². The summed E-state index contributed by atoms with van der Waals surface area (Å²) in [6, 6.07) is 10.3. The van der Waals surface area contributed by atoms with E-state index < -0.39 is 0 Å². The minimum Gasteiger partial charge on any atom is -0.311 e. The Bertz CT molecular complexity index is 651. The molecule has 5 aliphatic carbocycles. The van der Waals surface area contributed by atoms with Crippen molar-refractivity contribution in [2.45, 2.75) is 89.1 Å². The van der Waals surface area contributed by atoms with Crippen LogP contribution in [0.4, 0.5) is 0 Å². The smallest absolute Gasteiger partial charge is 0.0406 e. The summed E-state index contributed by atoms with van der Waals surface area (Å²) in [6.45, 7) is 4.94. The van der Waals surface area contributed by atoms with Gasteiger partial charge in [-0.15, -0.1) is 0 Å². The van der Waals surface area contributed by atoms with Gasteiger partial charge in [0.25, 0.3) is 0 Å². The summed E-state index contributed by atoms with van der Waals surface area (Å²) in [5.41, 5.74) is 2.52. The van der Waals surface area contributed by atoms with Crippen LogP contribution in [0, 0.1) is 23.2 Å². The number of hydrogen-bond acceptors (Lipinski definition) is 1. The van der Waals surface area contributed by atoms with Crippen molar-refractivity contribution < 1.29 is 0 Å². The number of halogens is 1. The van der Waals surface area contributed by atoms with Gasteiger partial charge in [0.1, 0.15) is 0 Å². The molecule has 1 aromatic rings. The Hall–Kier alpha value is -0.530. The van der Waals surface area contributed by atoms with Crippen molar-refractivity contribution in [2.24, 2.45) is 23.2 Å². The van der Waals surface area contributed by atoms with Crippen LogP contribution in [0.25, 0.3) is 0 Å². The van der Waals surface area contributed by atoms with Crippen molar-refractivity contribution in [3.8, 4) is 0 Å². The lowest BCUT2D eigenvalue weighted by Crippen LogP contribution is -2.60. The van der Waals surface area contributed by atoms with Crippen molar-refractivity contribution in [1.82, 2.24) is 5.32 Å². The Morgan fingerprint density at radius 3 is 2.31 bits per heavy atom. The van der Waals surface area contributed by atoms with Gasteiger partial charge in [0.15, 0.2) is 0 Å². The molecule has 0 aliphatic heterocycles. The van der Waals surface area contributed by atoms with Crippen LogP contribution in [-0.2, 0) is 5.41 Å². The zero-order chi connectivity index (χ0) is 17.9. The van der Waals surface area contributed by atoms with Gasteiger partial charge < -0.3 is 5.32 Å². The molecular formula is C24H34ClN. The molecule has 0 unspecified atom stereocenters. The molecule has 5 saturated carbocycles. The largest absolute Gasteiger partial charge is 0.311 e. The molecule has 2 heteroatoms. The van der Waals surface area contributed by atoms with E-state index in [1.54, 1.807) is 5.56 Å². The van der Waals surface area contributed by atoms with Crippen molar-refractivity contribution >= 4 is 11.6 Å². The monoisotopic (exact) mass is 371 g/mol. The summed E-state index contributed by atoms with van der Waals surface area (Å²) in [4.78, 5) is 0. The fraction of sp³-hybridized carbons (Fsp3) is 0.750. The lowest BCUT2D eigenvalue weighted by molar-refractivity contribution is -0.0895. The standard InChI is InChI=1S/C24H34ClN/c1-16-3-8-22(9-16)26-17(2)23-11-18-10-19(12-23)14-24(13-18,15-23)20-4-6-21(25)7-5-20/h4-7,16-19,22,26H,3,8-15H2,1-2H3/t16-,17+,18-,19-,22+,23?,24?/m1/s1. The van der Waals surface area contributed by atoms with Crippen LogP contribution in [0.1, 0.15) is 77.2 Å². The average molecular weight is 372 g/mol. The molecule has 0 saturated heterocycles. The van der Waals surface area contributed by atoms with Crippen LogP contribution < -0.4 is 5.32 Å². The highest BCUT2D eigenvalue weighted by molar-refractivity contribution is 6.30. The molecule has 0 radical (unpaired) electrons. The fourth-order valence-corrected chi connectivity index (χ4v) is 8.00. The lowest BCUT2D eigenvalue weighted by Gasteiger charge is -2.64. The van der Waals surface area contributed by atoms with Crippen molar-refractivity contribution in [3.05, 3.63) is 34.9 Å². The molecule has 5 aliphatic rings. The van der Waals surface area contributed by atoms with Crippen molar-refractivity contribution in [1.29, 1.82) is 0 Å². The second-order valence-electron chi connectivity index (χ2n) is 10.6. The molecule has 0 spiro atoms. The van der Waals surface area contributed by atoms with Gasteiger partial charge in [-0.1, -0.05) is 30.7 Å². The first-order chi connectivity index (χ1) is 12.5. The Labute approximate surface area is 164 Å². The Kier molecular flexibility index (Phi) is 4.22. The topological polar surface area (TPSA) is 12.0 Å². The lowest BCUT2D eigenvalue weighted by atomic mass is 9.41. The summed E-state index contributed by atoms with van der Waals surface area (Å²) in [7, 11) is 0. The zero-order valence-electron chi connectivity index (χ0n) is 16.4. The molecule has 1 aromatic carbocycles. The number of nitrogens with one attached hydrogen (secondary N) is 1. The summed E-state index contributed by atoms with van der Waals surface area (Å²) in [5.74, 6) is 2.80. The maximum atomic E-state index is 6.19. The minimum absolute atomic E-state index is 0.424. The quantitative estimate of drug-likeness (QED) is 0.650. The van der Waals surface area contributed by atoms with E-state index in [1.165, 1.54) is 57.8 Å². The third-order valence-corrected chi connectivity index (χ3v) is 8.91. The van der Waals surface area contributed by atoms with Crippen molar-refractivity contribution in [2.75, 3.05) is 0 Å². The predicted molar refractivity (Wildman–Crippen MR) is 110 cm³/mol. The van der Waals surface area contributed by atoms with E-state index in [-0.39, 0.29) is 0 Å². The first-order valence-corrected chi connectivity index (χ1v) is 11.4. The zero-order valence-corrected chi connectivity index (χ0v) is 17.2. The molecule has 1 N–H and O–H groups in total. The molecule has 26 heavy (non-hydrogen) atoms. The third-order valence-electron chi connectivity index (χ3n) is 8.66. The SMILES string of the molecule is C[C@@H]1CC[C@H](N[C@@H](C)C23C[C@H]4C[C@@H](CC(c5ccc(Cl)cc5)(C4)C2)C3)C1. The number of rotatable bonds is 4. The highest BCUT2D eigenvalue weighted by Crippen LogP contribution is 2.66. The molecule has 0 aromatic heterocycles. The first-order valence-electron chi connectivity index (χ1n) is 11.0. The average Bonchev–Trinajstić information content (AvgIpc) is 2.99. The van der Waals surface area contributed by atoms with Crippen LogP contribution in [-0.4, -0.2) is 12.1 Å². The molecule has 5 atom stereocenters. The van der Waals surface area contributed by atoms with E-state index >= 15 is 0 Å². The van der Waals surface area contributed by atoms with Gasteiger partial charge >= 0.3 is 0 Å². The molecule has 142 valence electrons. The van der Waals surface area contributed by atoms with Crippen LogP contribution >= 0.6 is 11.6 Å². The van der Waals surface area contributed by atoms with E-state index in [9.17, 15) is 0 Å². The molecule has 0 heterocycles. The predicted octanol–water partition coefficient (Wildman–Crippen LogP) is 6.34. The van der Waals surface area contributed by atoms with Gasteiger partial charge in [0, 0.05) is 17.1 Å². The van der Waals surface area contributed by atoms with E-state index in [2.05, 4.69) is 43.4 Å². The van der Waals surface area contributed by atoms with Gasteiger partial charge in [-0.3, -0.25) is 0 Å². The summed E-state index contributed by atoms with van der Waals surface area (Å²) in [6.07, 6.45) is 12.8. The van der Waals surface area contributed by atoms with Crippen LogP contribution in [0.5, 0.6) is 0 Å². The second-order valence-corrected chi connectivity index (χ2v) is 11.1. The second kappa shape index (κ2) is 6.24. The highest BCUT2D eigenvalue weighted by atomic mass is 35.5. The fourth-order valence-electron chi connectivity index (χ4n) is 7.87. The summed E-state index contributed by atoms with van der Waals surface area (Å²) >= 11 is 6.19. The summed E-state index contributed by atoms with van der Waals surface area (Å²) in [5, 5.41) is 5.00. The van der Waals surface area contributed by atoms with Crippen LogP contribution in [0.3, 0.4) is 0 Å². The van der Waals surface area contributed by atoms with Crippen LogP contribution in [0.15, 0.2) is 24.3 Å². The maximum Gasteiger partial charge on any atom is 0.0406 e. The van der Waals surface area contributed by atoms with Crippen LogP contribution in [0.2, 0.25) is 5.02 Å². The Balaban J connectivity index is 1.42. The van der Waals surface area contributed by atoms with E-state index in [0.717, 1.165) is 28.8 Å². The highest BCUT2D eigenvalue weighted by Gasteiger charge is 2.59. The molecular weight excluding hydrogens is 338 g/mol. The Morgan fingerprint density at radius 2 is 1.69 bits per heavy atom. The first kappa shape index (κ1) is 17.6. The molecule has 5 fully saturated rings. The van der Waals surface area contributed by atoms with Gasteiger partial charge in [-0.05, 0) is 111 Å². The van der Waals surface area contributed by atoms with Crippen molar-refractivity contribution in [3.63, 3.8) is 0 Å². The summed E-state index contributed by atoms with van der Waals surface area (Å²) < 4.78 is 0. The van der Waals surface area contributed by atoms with Gasteiger partial charge in [0.2, 0.25) is 0 Å². The van der Waals surface area contributed by atoms with E-state index in [1.807, 2.05) is 0 Å². The minimum atomic E-state index is 0.424. The van der Waals surface area contributed by atoms with Gasteiger partial charge in [-0.25, -0.2) is 0 Å². The molecule has 0 amide bonds. The third kappa shape index (κ3) is 2.85. The van der Waals surface area contributed by atoms with E-state index in [0.29, 0.717) is 16.9 Å². The normalized spacial score (nSPS) is 45.2. The maximum absolute atomic E-state index is 6.19. The van der Waals surface area contributed by atoms with Gasteiger partial charge in [0.05, 0.1) is 0 Å². The number of benzene rings is 1. The molecule has 6 rings (SSSR count).